The number of hydrogen-bond acceptors (Lipinski definition) is 16. The van der Waals surface area contributed by atoms with Crippen LogP contribution < -0.4 is 0 Å². The minimum atomic E-state index is -4.56. The quantitative estimate of drug-likeness (QED) is 0.0483. The summed E-state index contributed by atoms with van der Waals surface area (Å²) in [6, 6.07) is 35.3. The molecule has 0 atom stereocenters. The first-order valence-corrected chi connectivity index (χ1v) is 30.2. The minimum absolute atomic E-state index is 0.0350. The van der Waals surface area contributed by atoms with Crippen molar-refractivity contribution in [3.63, 3.8) is 0 Å². The van der Waals surface area contributed by atoms with Gasteiger partial charge >= 0.3 is 0 Å². The second-order valence-corrected chi connectivity index (χ2v) is 26.0. The number of benzene rings is 12. The fraction of sp³-hybridized carbons (Fsp3) is 0.111. The molecular weight excluding hydrogens is 1100 g/mol. The van der Waals surface area contributed by atoms with Gasteiger partial charge in [-0.15, -0.1) is 0 Å². The van der Waals surface area contributed by atoms with E-state index in [-0.39, 0.29) is 64.1 Å². The summed E-state index contributed by atoms with van der Waals surface area (Å²) >= 11 is 0. The van der Waals surface area contributed by atoms with Crippen molar-refractivity contribution >= 4 is 148 Å². The van der Waals surface area contributed by atoms with Crippen LogP contribution in [0.2, 0.25) is 0 Å². The maximum Gasteiger partial charge on any atom is 0.297 e. The summed E-state index contributed by atoms with van der Waals surface area (Å²) in [6.45, 7) is 1.86. The summed E-state index contributed by atoms with van der Waals surface area (Å²) in [5.41, 5.74) is 1.29. The van der Waals surface area contributed by atoms with Crippen molar-refractivity contribution in [3.8, 4) is 17.2 Å². The third-order valence-corrected chi connectivity index (χ3v) is 19.0. The number of aromatic hydroxyl groups is 3. The zero-order valence-corrected chi connectivity index (χ0v) is 44.7. The molecule has 0 aliphatic carbocycles. The van der Waals surface area contributed by atoms with Gasteiger partial charge < -0.3 is 15.3 Å². The first-order valence-electron chi connectivity index (χ1n) is 22.8. The van der Waals surface area contributed by atoms with Crippen LogP contribution in [0.15, 0.2) is 142 Å². The molecule has 12 rings (SSSR count). The second-order valence-electron chi connectivity index (χ2n) is 18.1. The van der Waals surface area contributed by atoms with Gasteiger partial charge in [0.05, 0.1) is 21.3 Å². The van der Waals surface area contributed by atoms with E-state index in [0.717, 1.165) is 69.6 Å². The topological polar surface area (TPSA) is 300 Å². The number of hydrogen-bond donors (Lipinski definition) is 5. The van der Waals surface area contributed by atoms with E-state index < -0.39 is 67.8 Å². The van der Waals surface area contributed by atoms with E-state index in [0.29, 0.717) is 32.5 Å². The number of rotatable bonds is 10. The standard InChI is InChI=1S/C19H16O10S3.C18H14O5S.C17H12O3S/c1-28-31(24,25)16-7-10(9-30(21,22)23)11-3-4-12-15(20)8-17(32(26,27)29-2)14-6-5-13(16)18(11)19(12)14;1-9-6-10(8-24(21,22)23)12-3-5-14-16(20)7-15(19)13-4-2-11(9)17(12)18(13)14;1-20-21(18,19)15-10-8-13-6-5-11-3-2-4-12-7-9-14(15)17(13)16(11)12/h3-8,20H,9H2,1-2H3,(H,21,22,23);2-7,19-20H,8H2,1H3,(H,21,22,23);2-10H,1H3. The zero-order valence-electron chi connectivity index (χ0n) is 40.6. The van der Waals surface area contributed by atoms with Crippen LogP contribution >= 0.6 is 0 Å². The Morgan fingerprint density at radius 1 is 0.351 bits per heavy atom. The Labute approximate surface area is 439 Å². The van der Waals surface area contributed by atoms with Crippen LogP contribution in [0.3, 0.4) is 0 Å². The maximum atomic E-state index is 12.6. The average molecular weight is 1140 g/mol. The average Bonchev–Trinajstić information content (AvgIpc) is 3.38. The van der Waals surface area contributed by atoms with Crippen LogP contribution in [0.4, 0.5) is 0 Å². The van der Waals surface area contributed by atoms with Gasteiger partial charge in [-0.25, -0.2) is 0 Å². The van der Waals surface area contributed by atoms with Crippen molar-refractivity contribution in [3.05, 3.63) is 144 Å². The molecule has 5 N–H and O–H groups in total. The predicted octanol–water partition coefficient (Wildman–Crippen LogP) is 9.96. The molecule has 0 fully saturated rings. The number of phenolic OH excluding ortho intramolecular Hbond substituents is 3. The van der Waals surface area contributed by atoms with Gasteiger partial charge in [-0.2, -0.15) is 42.1 Å². The lowest BCUT2D eigenvalue weighted by Gasteiger charge is -2.18. The third-order valence-electron chi connectivity index (χ3n) is 13.7. The highest BCUT2D eigenvalue weighted by Gasteiger charge is 2.28. The molecule has 0 saturated carbocycles. The first kappa shape index (κ1) is 53.1. The van der Waals surface area contributed by atoms with Crippen LogP contribution in [0.25, 0.3) is 97.0 Å². The smallest absolute Gasteiger partial charge is 0.297 e. The lowest BCUT2D eigenvalue weighted by molar-refractivity contribution is 0.397. The molecule has 0 radical (unpaired) electrons. The fourth-order valence-corrected chi connectivity index (χ4v) is 14.3. The molecule has 0 amide bonds. The minimum Gasteiger partial charge on any atom is -0.507 e. The van der Waals surface area contributed by atoms with Crippen LogP contribution in [0, 0.1) is 6.92 Å². The van der Waals surface area contributed by atoms with Gasteiger partial charge in [0.1, 0.15) is 43.4 Å². The molecule has 0 bridgehead atoms. The van der Waals surface area contributed by atoms with Gasteiger partial charge in [-0.05, 0) is 108 Å². The van der Waals surface area contributed by atoms with E-state index in [1.807, 2.05) is 55.5 Å². The normalized spacial score (nSPS) is 13.0. The predicted molar refractivity (Wildman–Crippen MR) is 293 cm³/mol. The summed E-state index contributed by atoms with van der Waals surface area (Å²) in [5, 5.41) is 42.1. The second kappa shape index (κ2) is 18.7. The SMILES string of the molecule is COS(=O)(=O)c1cc(O)c2ccc3c(CS(=O)(=O)O)cc(S(=O)(=O)OC)c4ccc1c2c34.COS(=O)(=O)c1ccc2ccc3cccc4ccc1c2c34.Cc1cc(CS(=O)(=O)O)c2ccc3c(O)cc(O)c4ccc1c2c43. The Kier molecular flexibility index (Phi) is 12.9. The van der Waals surface area contributed by atoms with Gasteiger partial charge in [-0.1, -0.05) is 84.9 Å². The monoisotopic (exact) mass is 1140 g/mol. The summed E-state index contributed by atoms with van der Waals surface area (Å²) in [5.74, 6) is -1.86. The van der Waals surface area contributed by atoms with Crippen molar-refractivity contribution in [2.45, 2.75) is 33.1 Å². The van der Waals surface area contributed by atoms with E-state index in [9.17, 15) is 66.5 Å². The zero-order chi connectivity index (χ0) is 55.5. The fourth-order valence-electron chi connectivity index (χ4n) is 10.4. The molecule has 0 unspecified atom stereocenters. The molecule has 396 valence electrons. The molecule has 12 aromatic rings. The Balaban J connectivity index is 0.000000134. The Morgan fingerprint density at radius 3 is 1.19 bits per heavy atom. The van der Waals surface area contributed by atoms with Gasteiger partial charge in [0.2, 0.25) is 0 Å². The van der Waals surface area contributed by atoms with Crippen LogP contribution in [-0.4, -0.2) is 87.8 Å². The number of aryl methyl sites for hydroxylation is 1. The molecule has 23 heteroatoms. The highest BCUT2D eigenvalue weighted by molar-refractivity contribution is 7.87. The first-order chi connectivity index (χ1) is 36.2. The molecule has 12 aromatic carbocycles. The van der Waals surface area contributed by atoms with Gasteiger partial charge in [0.15, 0.2) is 0 Å². The molecule has 0 saturated heterocycles. The molecule has 0 aromatic heterocycles. The highest BCUT2D eigenvalue weighted by atomic mass is 32.2. The van der Waals surface area contributed by atoms with Crippen molar-refractivity contribution in [1.82, 2.24) is 0 Å². The Morgan fingerprint density at radius 2 is 0.688 bits per heavy atom. The molecule has 18 nitrogen and oxygen atoms in total. The van der Waals surface area contributed by atoms with E-state index >= 15 is 0 Å². The van der Waals surface area contributed by atoms with Gasteiger partial charge in [0, 0.05) is 55.2 Å². The molecule has 77 heavy (non-hydrogen) atoms. The van der Waals surface area contributed by atoms with Crippen molar-refractivity contribution in [1.29, 1.82) is 0 Å². The van der Waals surface area contributed by atoms with Gasteiger partial charge in [0.25, 0.3) is 50.6 Å². The van der Waals surface area contributed by atoms with Crippen molar-refractivity contribution in [2.24, 2.45) is 0 Å². The van der Waals surface area contributed by atoms with E-state index in [1.54, 1.807) is 30.3 Å². The lowest BCUT2D eigenvalue weighted by atomic mass is 9.89. The maximum absolute atomic E-state index is 12.6. The largest absolute Gasteiger partial charge is 0.507 e. The summed E-state index contributed by atoms with van der Waals surface area (Å²) in [4.78, 5) is -0.508. The Hall–Kier alpha value is -7.29. The molecule has 0 aliphatic rings. The van der Waals surface area contributed by atoms with Crippen LogP contribution in [0.5, 0.6) is 17.2 Å². The Bertz CT molecular complexity index is 4990. The molecule has 0 aliphatic heterocycles. The van der Waals surface area contributed by atoms with Crippen molar-refractivity contribution < 1.29 is 79.1 Å². The lowest BCUT2D eigenvalue weighted by Crippen LogP contribution is -2.09. The van der Waals surface area contributed by atoms with E-state index in [4.69, 9.17) is 0 Å². The van der Waals surface area contributed by atoms with E-state index in [2.05, 4.69) is 18.6 Å². The molecule has 0 heterocycles. The van der Waals surface area contributed by atoms with Crippen LogP contribution in [0.1, 0.15) is 16.7 Å². The molecule has 0 spiro atoms. The van der Waals surface area contributed by atoms with Crippen molar-refractivity contribution in [2.75, 3.05) is 21.3 Å². The number of phenols is 3. The van der Waals surface area contributed by atoms with Gasteiger partial charge in [-0.3, -0.25) is 21.7 Å². The highest BCUT2D eigenvalue weighted by Crippen LogP contribution is 2.47. The van der Waals surface area contributed by atoms with Crippen LogP contribution in [-0.2, 0) is 74.6 Å². The summed E-state index contributed by atoms with van der Waals surface area (Å²) < 4.78 is 153. The molecular formula is C54H42O18S5. The third kappa shape index (κ3) is 9.16. The summed E-state index contributed by atoms with van der Waals surface area (Å²) in [7, 11) is -18.0. The van der Waals surface area contributed by atoms with E-state index in [1.165, 1.54) is 37.4 Å². The summed E-state index contributed by atoms with van der Waals surface area (Å²) in [6.07, 6.45) is 0.